The van der Waals surface area contributed by atoms with E-state index in [0.29, 0.717) is 16.8 Å². The van der Waals surface area contributed by atoms with E-state index in [2.05, 4.69) is 25.9 Å². The van der Waals surface area contributed by atoms with E-state index in [9.17, 15) is 9.59 Å². The molecular formula is C30H25N5O3. The number of benzene rings is 3. The molecule has 0 saturated heterocycles. The lowest BCUT2D eigenvalue weighted by atomic mass is 10.1. The third-order valence-electron chi connectivity index (χ3n) is 5.92. The Labute approximate surface area is 219 Å². The fourth-order valence-electron chi connectivity index (χ4n) is 3.99. The van der Waals surface area contributed by atoms with Crippen LogP contribution in [0.3, 0.4) is 0 Å². The van der Waals surface area contributed by atoms with E-state index in [4.69, 9.17) is 4.74 Å². The van der Waals surface area contributed by atoms with Gasteiger partial charge in [0.25, 0.3) is 5.91 Å². The number of anilines is 5. The van der Waals surface area contributed by atoms with Crippen LogP contribution in [0.5, 0.6) is 0 Å². The van der Waals surface area contributed by atoms with Crippen LogP contribution in [0.2, 0.25) is 0 Å². The van der Waals surface area contributed by atoms with Crippen molar-refractivity contribution in [2.75, 3.05) is 23.1 Å². The monoisotopic (exact) mass is 503 g/mol. The fraction of sp³-hybridized carbons (Fsp3) is 0.0667. The molecule has 0 saturated carbocycles. The first-order valence-electron chi connectivity index (χ1n) is 11.9. The van der Waals surface area contributed by atoms with Gasteiger partial charge in [-0.15, -0.1) is 0 Å². The maximum Gasteiger partial charge on any atom is 0.337 e. The second-order valence-electron chi connectivity index (χ2n) is 8.63. The molecule has 0 aliphatic rings. The van der Waals surface area contributed by atoms with Gasteiger partial charge in [0.1, 0.15) is 0 Å². The first kappa shape index (κ1) is 24.5. The Hall–Kier alpha value is -5.24. The van der Waals surface area contributed by atoms with Crippen LogP contribution < -0.4 is 16.0 Å². The molecule has 2 aromatic heterocycles. The summed E-state index contributed by atoms with van der Waals surface area (Å²) < 4.78 is 4.83. The number of hydrogen-bond donors (Lipinski definition) is 3. The molecule has 0 fully saturated rings. The van der Waals surface area contributed by atoms with Crippen molar-refractivity contribution < 1.29 is 14.3 Å². The number of aryl methyl sites for hydroxylation is 1. The number of hydrogen-bond acceptors (Lipinski definition) is 7. The first-order valence-corrected chi connectivity index (χ1v) is 11.9. The molecule has 0 spiro atoms. The van der Waals surface area contributed by atoms with E-state index in [1.165, 1.54) is 7.11 Å². The van der Waals surface area contributed by atoms with Gasteiger partial charge in [-0.2, -0.15) is 0 Å². The van der Waals surface area contributed by atoms with Crippen molar-refractivity contribution in [3.05, 3.63) is 114 Å². The molecule has 5 aromatic rings. The maximum atomic E-state index is 12.8. The molecule has 3 aromatic carbocycles. The molecule has 0 atom stereocenters. The zero-order valence-corrected chi connectivity index (χ0v) is 20.9. The molecule has 2 heterocycles. The van der Waals surface area contributed by atoms with E-state index in [1.807, 2.05) is 61.5 Å². The summed E-state index contributed by atoms with van der Waals surface area (Å²) in [6, 6.07) is 25.6. The van der Waals surface area contributed by atoms with E-state index in [-0.39, 0.29) is 5.91 Å². The highest BCUT2D eigenvalue weighted by molar-refractivity contribution is 6.04. The molecule has 1 amide bonds. The van der Waals surface area contributed by atoms with Gasteiger partial charge in [-0.05, 0) is 91.9 Å². The van der Waals surface area contributed by atoms with Crippen molar-refractivity contribution in [2.24, 2.45) is 0 Å². The Kier molecular flexibility index (Phi) is 6.95. The zero-order chi connectivity index (χ0) is 26.5. The second-order valence-corrected chi connectivity index (χ2v) is 8.63. The number of rotatable bonds is 7. The van der Waals surface area contributed by atoms with E-state index in [0.717, 1.165) is 39.3 Å². The summed E-state index contributed by atoms with van der Waals surface area (Å²) in [6.07, 6.45) is 3.45. The lowest BCUT2D eigenvalue weighted by molar-refractivity contribution is 0.0600. The van der Waals surface area contributed by atoms with Gasteiger partial charge >= 0.3 is 5.97 Å². The van der Waals surface area contributed by atoms with Crippen LogP contribution in [0.1, 0.15) is 26.4 Å². The fourth-order valence-corrected chi connectivity index (χ4v) is 3.99. The molecule has 188 valence electrons. The third-order valence-corrected chi connectivity index (χ3v) is 5.92. The van der Waals surface area contributed by atoms with Crippen molar-refractivity contribution in [2.45, 2.75) is 6.92 Å². The highest BCUT2D eigenvalue weighted by Crippen LogP contribution is 2.27. The van der Waals surface area contributed by atoms with Gasteiger partial charge in [0.05, 0.1) is 18.2 Å². The SMILES string of the molecule is COC(=O)c1ccc2nccc(Nc3ccc(C(=O)Nc4ccc(Nc5ccnc(C)c5)cc4)cc3)c2c1. The van der Waals surface area contributed by atoms with Crippen molar-refractivity contribution in [1.29, 1.82) is 0 Å². The predicted molar refractivity (Wildman–Crippen MR) is 149 cm³/mol. The van der Waals surface area contributed by atoms with E-state index in [1.54, 1.807) is 42.7 Å². The molecule has 38 heavy (non-hydrogen) atoms. The van der Waals surface area contributed by atoms with Crippen LogP contribution >= 0.6 is 0 Å². The van der Waals surface area contributed by atoms with Crippen molar-refractivity contribution >= 4 is 51.2 Å². The number of amides is 1. The minimum absolute atomic E-state index is 0.209. The van der Waals surface area contributed by atoms with Crippen molar-refractivity contribution in [3.8, 4) is 0 Å². The Morgan fingerprint density at radius 1 is 0.684 bits per heavy atom. The van der Waals surface area contributed by atoms with Crippen LogP contribution in [0.25, 0.3) is 10.9 Å². The molecule has 0 radical (unpaired) electrons. The van der Waals surface area contributed by atoms with Crippen LogP contribution in [0.15, 0.2) is 97.3 Å². The minimum atomic E-state index is -0.410. The number of carbonyl (C=O) groups is 2. The largest absolute Gasteiger partial charge is 0.465 e. The van der Waals surface area contributed by atoms with E-state index >= 15 is 0 Å². The van der Waals surface area contributed by atoms with Crippen LogP contribution in [0.4, 0.5) is 28.4 Å². The molecule has 8 nitrogen and oxygen atoms in total. The lowest BCUT2D eigenvalue weighted by Gasteiger charge is -2.12. The quantitative estimate of drug-likeness (QED) is 0.219. The van der Waals surface area contributed by atoms with Gasteiger partial charge in [-0.1, -0.05) is 0 Å². The average molecular weight is 504 g/mol. The zero-order valence-electron chi connectivity index (χ0n) is 20.9. The number of carbonyl (C=O) groups excluding carboxylic acids is 2. The third kappa shape index (κ3) is 5.60. The molecular weight excluding hydrogens is 478 g/mol. The Balaban J connectivity index is 1.25. The van der Waals surface area contributed by atoms with Gasteiger partial charge in [0.2, 0.25) is 0 Å². The number of fused-ring (bicyclic) bond motifs is 1. The molecule has 0 aliphatic carbocycles. The van der Waals surface area contributed by atoms with Gasteiger partial charge < -0.3 is 20.7 Å². The van der Waals surface area contributed by atoms with Gasteiger partial charge in [0, 0.05) is 57.5 Å². The summed E-state index contributed by atoms with van der Waals surface area (Å²) in [5.74, 6) is -0.620. The number of nitrogens with zero attached hydrogens (tertiary/aromatic N) is 2. The topological polar surface area (TPSA) is 105 Å². The predicted octanol–water partition coefficient (Wildman–Crippen LogP) is 6.46. The number of pyridine rings is 2. The number of ether oxygens (including phenoxy) is 1. The normalized spacial score (nSPS) is 10.6. The Bertz CT molecular complexity index is 1620. The number of methoxy groups -OCH3 is 1. The molecule has 0 unspecified atom stereocenters. The molecule has 0 aliphatic heterocycles. The molecule has 3 N–H and O–H groups in total. The number of nitrogens with one attached hydrogen (secondary N) is 3. The summed E-state index contributed by atoms with van der Waals surface area (Å²) in [6.45, 7) is 1.94. The van der Waals surface area contributed by atoms with Crippen LogP contribution in [-0.4, -0.2) is 29.0 Å². The summed E-state index contributed by atoms with van der Waals surface area (Å²) in [5, 5.41) is 10.4. The highest BCUT2D eigenvalue weighted by atomic mass is 16.5. The van der Waals surface area contributed by atoms with Crippen LogP contribution in [0, 0.1) is 6.92 Å². The van der Waals surface area contributed by atoms with Crippen molar-refractivity contribution in [3.63, 3.8) is 0 Å². The summed E-state index contributed by atoms with van der Waals surface area (Å²) >= 11 is 0. The Morgan fingerprint density at radius 2 is 1.34 bits per heavy atom. The minimum Gasteiger partial charge on any atom is -0.465 e. The second kappa shape index (κ2) is 10.8. The molecule has 8 heteroatoms. The Morgan fingerprint density at radius 3 is 2.08 bits per heavy atom. The van der Waals surface area contributed by atoms with Gasteiger partial charge in [-0.25, -0.2) is 4.79 Å². The van der Waals surface area contributed by atoms with Gasteiger partial charge in [-0.3, -0.25) is 14.8 Å². The molecule has 5 rings (SSSR count). The molecule has 0 bridgehead atoms. The standard InChI is InChI=1S/C30H25N5O3/c1-19-17-25(13-15-31-19)33-22-8-10-24(11-9-22)35-29(36)20-3-6-23(7-4-20)34-28-14-16-32-27-12-5-21(18-26(27)28)30(37)38-2/h3-18H,1-2H3,(H,31,33)(H,32,34)(H,35,36). The average Bonchev–Trinajstić information content (AvgIpc) is 2.94. The summed E-state index contributed by atoms with van der Waals surface area (Å²) in [7, 11) is 1.35. The number of aromatic nitrogens is 2. The first-order chi connectivity index (χ1) is 18.5. The number of esters is 1. The van der Waals surface area contributed by atoms with Crippen LogP contribution in [-0.2, 0) is 4.74 Å². The smallest absolute Gasteiger partial charge is 0.337 e. The van der Waals surface area contributed by atoms with Crippen molar-refractivity contribution in [1.82, 2.24) is 9.97 Å². The highest BCUT2D eigenvalue weighted by Gasteiger charge is 2.10. The maximum absolute atomic E-state index is 12.8. The summed E-state index contributed by atoms with van der Waals surface area (Å²) in [4.78, 5) is 33.3. The summed E-state index contributed by atoms with van der Waals surface area (Å²) in [5.41, 5.74) is 6.78. The van der Waals surface area contributed by atoms with E-state index < -0.39 is 5.97 Å². The lowest BCUT2D eigenvalue weighted by Crippen LogP contribution is -2.11. The van der Waals surface area contributed by atoms with Gasteiger partial charge in [0.15, 0.2) is 0 Å².